The monoisotopic (exact) mass is 436 g/mol. The molecule has 176 valence electrons. The SMILES string of the molecule is CCCCCC(=O)CCC(=O)NC[C@@H]1[C@H](C/C=C\CCCC(=O)N(C)O)[C@@H]2CC[C@H]1O2. The number of fused-ring (bicyclic) bond motifs is 2. The number of hydrogen-bond donors (Lipinski definition) is 2. The zero-order valence-corrected chi connectivity index (χ0v) is 19.2. The summed E-state index contributed by atoms with van der Waals surface area (Å²) in [5.74, 6) is 0.586. The predicted molar refractivity (Wildman–Crippen MR) is 118 cm³/mol. The zero-order valence-electron chi connectivity index (χ0n) is 19.2. The maximum absolute atomic E-state index is 12.2. The van der Waals surface area contributed by atoms with Gasteiger partial charge in [-0.25, -0.2) is 5.06 Å². The highest BCUT2D eigenvalue weighted by Crippen LogP contribution is 2.44. The quantitative estimate of drug-likeness (QED) is 0.176. The molecular formula is C24H40N2O5. The summed E-state index contributed by atoms with van der Waals surface area (Å²) < 4.78 is 6.10. The zero-order chi connectivity index (χ0) is 22.6. The van der Waals surface area contributed by atoms with Crippen LogP contribution in [0, 0.1) is 11.8 Å². The molecule has 0 aliphatic carbocycles. The third kappa shape index (κ3) is 8.73. The van der Waals surface area contributed by atoms with Crippen molar-refractivity contribution < 1.29 is 24.3 Å². The fourth-order valence-electron chi connectivity index (χ4n) is 4.65. The molecular weight excluding hydrogens is 396 g/mol. The van der Waals surface area contributed by atoms with E-state index in [1.165, 1.54) is 7.05 Å². The van der Waals surface area contributed by atoms with E-state index in [0.717, 1.165) is 44.9 Å². The van der Waals surface area contributed by atoms with E-state index in [1.54, 1.807) is 0 Å². The Hall–Kier alpha value is -1.73. The summed E-state index contributed by atoms with van der Waals surface area (Å²) in [5.41, 5.74) is 0. The van der Waals surface area contributed by atoms with Crippen LogP contribution in [-0.2, 0) is 19.1 Å². The molecule has 31 heavy (non-hydrogen) atoms. The van der Waals surface area contributed by atoms with E-state index in [9.17, 15) is 14.4 Å². The maximum atomic E-state index is 12.2. The summed E-state index contributed by atoms with van der Waals surface area (Å²) in [7, 11) is 1.34. The van der Waals surface area contributed by atoms with Gasteiger partial charge in [-0.1, -0.05) is 31.9 Å². The molecule has 2 aliphatic rings. The number of carbonyl (C=O) groups excluding carboxylic acids is 3. The van der Waals surface area contributed by atoms with Gasteiger partial charge >= 0.3 is 0 Å². The van der Waals surface area contributed by atoms with Gasteiger partial charge < -0.3 is 10.1 Å². The van der Waals surface area contributed by atoms with Crippen LogP contribution >= 0.6 is 0 Å². The molecule has 2 fully saturated rings. The predicted octanol–water partition coefficient (Wildman–Crippen LogP) is 3.79. The van der Waals surface area contributed by atoms with Crippen LogP contribution in [0.5, 0.6) is 0 Å². The number of hydroxylamine groups is 2. The third-order valence-electron chi connectivity index (χ3n) is 6.51. The van der Waals surface area contributed by atoms with Crippen molar-refractivity contribution in [2.24, 2.45) is 11.8 Å². The van der Waals surface area contributed by atoms with Gasteiger partial charge in [0.1, 0.15) is 5.78 Å². The summed E-state index contributed by atoms with van der Waals surface area (Å²) in [4.78, 5) is 35.4. The second kappa shape index (κ2) is 13.6. The molecule has 0 aromatic heterocycles. The lowest BCUT2D eigenvalue weighted by molar-refractivity contribution is -0.159. The highest BCUT2D eigenvalue weighted by molar-refractivity contribution is 5.84. The number of ether oxygens (including phenoxy) is 1. The molecule has 2 bridgehead atoms. The van der Waals surface area contributed by atoms with Crippen LogP contribution < -0.4 is 5.32 Å². The first-order chi connectivity index (χ1) is 14.9. The molecule has 2 amide bonds. The van der Waals surface area contributed by atoms with Gasteiger partial charge in [0.25, 0.3) is 0 Å². The number of carbonyl (C=O) groups is 3. The molecule has 2 aliphatic heterocycles. The van der Waals surface area contributed by atoms with Crippen molar-refractivity contribution in [2.75, 3.05) is 13.6 Å². The second-order valence-corrected chi connectivity index (χ2v) is 8.93. The number of unbranched alkanes of at least 4 members (excludes halogenated alkanes) is 3. The van der Waals surface area contributed by atoms with E-state index in [-0.39, 0.29) is 36.2 Å². The Labute approximate surface area is 186 Å². The highest BCUT2D eigenvalue weighted by Gasteiger charge is 2.47. The van der Waals surface area contributed by atoms with Crippen LogP contribution in [0.3, 0.4) is 0 Å². The standard InChI is InChI=1S/C24H40N2O5/c1-3-4-7-10-18(27)13-16-23(28)25-17-20-19(21-14-15-22(20)31-21)11-8-5-6-9-12-24(29)26(2)30/h5,8,19-22,30H,3-4,6-7,9-17H2,1-2H3,(H,25,28)/b8-5-/t19-,20+,21-,22+/m0/s1. The second-order valence-electron chi connectivity index (χ2n) is 8.93. The Morgan fingerprint density at radius 2 is 1.74 bits per heavy atom. The molecule has 0 spiro atoms. The van der Waals surface area contributed by atoms with E-state index in [0.29, 0.717) is 49.1 Å². The average molecular weight is 437 g/mol. The Morgan fingerprint density at radius 1 is 1.00 bits per heavy atom. The Morgan fingerprint density at radius 3 is 2.45 bits per heavy atom. The van der Waals surface area contributed by atoms with Crippen molar-refractivity contribution in [3.05, 3.63) is 12.2 Å². The summed E-state index contributed by atoms with van der Waals surface area (Å²) >= 11 is 0. The van der Waals surface area contributed by atoms with E-state index < -0.39 is 0 Å². The summed E-state index contributed by atoms with van der Waals surface area (Å²) in [6.07, 6.45) is 13.9. The molecule has 7 nitrogen and oxygen atoms in total. The van der Waals surface area contributed by atoms with Crippen LogP contribution in [0.1, 0.15) is 84.0 Å². The normalized spacial score (nSPS) is 24.6. The lowest BCUT2D eigenvalue weighted by Crippen LogP contribution is -2.38. The number of amides is 2. The first kappa shape index (κ1) is 25.5. The molecule has 2 N–H and O–H groups in total. The molecule has 7 heteroatoms. The highest BCUT2D eigenvalue weighted by atomic mass is 16.5. The fraction of sp³-hybridized carbons (Fsp3) is 0.792. The van der Waals surface area contributed by atoms with Crippen molar-refractivity contribution in [3.8, 4) is 0 Å². The molecule has 0 unspecified atom stereocenters. The van der Waals surface area contributed by atoms with Gasteiger partial charge in [-0.3, -0.25) is 19.6 Å². The van der Waals surface area contributed by atoms with Gasteiger partial charge in [-0.05, 0) is 44.4 Å². The van der Waals surface area contributed by atoms with Crippen LogP contribution in [0.25, 0.3) is 0 Å². The third-order valence-corrected chi connectivity index (χ3v) is 6.51. The summed E-state index contributed by atoms with van der Waals surface area (Å²) in [6, 6.07) is 0. The molecule has 2 rings (SSSR count). The van der Waals surface area contributed by atoms with Crippen molar-refractivity contribution in [1.82, 2.24) is 10.4 Å². The Kier molecular flexibility index (Phi) is 11.2. The molecule has 0 aromatic carbocycles. The van der Waals surface area contributed by atoms with Crippen molar-refractivity contribution in [1.29, 1.82) is 0 Å². The lowest BCUT2D eigenvalue weighted by Gasteiger charge is -2.27. The minimum atomic E-state index is -0.270. The number of Topliss-reactive ketones (excluding diaryl/α,β-unsaturated/α-hetero) is 1. The summed E-state index contributed by atoms with van der Waals surface area (Å²) in [5, 5.41) is 12.7. The Balaban J connectivity index is 1.67. The minimum absolute atomic E-state index is 0.0422. The number of allylic oxidation sites excluding steroid dienone is 2. The first-order valence-corrected chi connectivity index (χ1v) is 12.0. The van der Waals surface area contributed by atoms with Crippen LogP contribution in [0.2, 0.25) is 0 Å². The molecule has 4 atom stereocenters. The van der Waals surface area contributed by atoms with Crippen molar-refractivity contribution >= 4 is 17.6 Å². The first-order valence-electron chi connectivity index (χ1n) is 12.0. The van der Waals surface area contributed by atoms with Gasteiger partial charge in [0.15, 0.2) is 0 Å². The number of nitrogens with zero attached hydrogens (tertiary/aromatic N) is 1. The molecule has 0 saturated carbocycles. The molecule has 0 radical (unpaired) electrons. The van der Waals surface area contributed by atoms with E-state index in [2.05, 4.69) is 24.4 Å². The van der Waals surface area contributed by atoms with Crippen LogP contribution in [0.4, 0.5) is 0 Å². The number of ketones is 1. The number of rotatable bonds is 15. The number of nitrogens with one attached hydrogen (secondary N) is 1. The topological polar surface area (TPSA) is 95.9 Å². The molecule has 0 aromatic rings. The van der Waals surface area contributed by atoms with Crippen LogP contribution in [-0.4, -0.2) is 53.7 Å². The van der Waals surface area contributed by atoms with Gasteiger partial charge in [-0.2, -0.15) is 0 Å². The lowest BCUT2D eigenvalue weighted by atomic mass is 9.77. The summed E-state index contributed by atoms with van der Waals surface area (Å²) in [6.45, 7) is 2.72. The van der Waals surface area contributed by atoms with Gasteiger partial charge in [0.05, 0.1) is 12.2 Å². The van der Waals surface area contributed by atoms with Crippen molar-refractivity contribution in [3.63, 3.8) is 0 Å². The molecule has 2 heterocycles. The van der Waals surface area contributed by atoms with E-state index in [1.807, 2.05) is 0 Å². The van der Waals surface area contributed by atoms with Crippen LogP contribution in [0.15, 0.2) is 12.2 Å². The molecule has 2 saturated heterocycles. The van der Waals surface area contributed by atoms with Crippen molar-refractivity contribution in [2.45, 2.75) is 96.2 Å². The smallest absolute Gasteiger partial charge is 0.245 e. The van der Waals surface area contributed by atoms with Gasteiger partial charge in [0.2, 0.25) is 11.8 Å². The average Bonchev–Trinajstić information content (AvgIpc) is 3.35. The van der Waals surface area contributed by atoms with Gasteiger partial charge in [-0.15, -0.1) is 0 Å². The largest absolute Gasteiger partial charge is 0.374 e. The Bertz CT molecular complexity index is 619. The number of hydrogen-bond acceptors (Lipinski definition) is 5. The maximum Gasteiger partial charge on any atom is 0.245 e. The van der Waals surface area contributed by atoms with E-state index in [4.69, 9.17) is 9.94 Å². The van der Waals surface area contributed by atoms with Gasteiger partial charge in [0, 0.05) is 45.2 Å². The minimum Gasteiger partial charge on any atom is -0.374 e. The fourth-order valence-corrected chi connectivity index (χ4v) is 4.65. The van der Waals surface area contributed by atoms with E-state index >= 15 is 0 Å².